The Hall–Kier alpha value is -1.85. The number of amides is 1. The molecule has 0 heterocycles. The zero-order chi connectivity index (χ0) is 17.7. The largest absolute Gasteiger partial charge is 0.313 e. The van der Waals surface area contributed by atoms with Gasteiger partial charge < -0.3 is 4.90 Å². The van der Waals surface area contributed by atoms with Crippen molar-refractivity contribution in [2.45, 2.75) is 25.2 Å². The summed E-state index contributed by atoms with van der Waals surface area (Å²) in [6, 6.07) is 13.8. The Bertz CT molecular complexity index is 834. The van der Waals surface area contributed by atoms with Gasteiger partial charge >= 0.3 is 0 Å². The van der Waals surface area contributed by atoms with Crippen LogP contribution in [0.1, 0.15) is 18.9 Å². The molecule has 0 N–H and O–H groups in total. The van der Waals surface area contributed by atoms with E-state index < -0.39 is 9.84 Å². The van der Waals surface area contributed by atoms with Crippen LogP contribution in [0.3, 0.4) is 0 Å². The average molecular weight is 366 g/mol. The van der Waals surface area contributed by atoms with Gasteiger partial charge in [-0.25, -0.2) is 8.42 Å². The van der Waals surface area contributed by atoms with E-state index in [9.17, 15) is 13.2 Å². The van der Waals surface area contributed by atoms with Crippen molar-refractivity contribution in [1.29, 1.82) is 0 Å². The number of sulfone groups is 1. The van der Waals surface area contributed by atoms with Gasteiger partial charge in [-0.15, -0.1) is 0 Å². The zero-order valence-corrected chi connectivity index (χ0v) is 15.3. The van der Waals surface area contributed by atoms with Crippen molar-refractivity contribution in [3.05, 3.63) is 59.1 Å². The van der Waals surface area contributed by atoms with Gasteiger partial charge in [0, 0.05) is 18.7 Å². The van der Waals surface area contributed by atoms with E-state index in [1.54, 1.807) is 17.0 Å². The van der Waals surface area contributed by atoms with E-state index in [1.165, 1.54) is 12.1 Å². The van der Waals surface area contributed by atoms with Crippen LogP contribution in [0.15, 0.2) is 53.4 Å². The minimum Gasteiger partial charge on any atom is -0.313 e. The first kappa shape index (κ1) is 18.5. The van der Waals surface area contributed by atoms with Crippen LogP contribution in [0.5, 0.6) is 0 Å². The number of nitrogens with zero attached hydrogens (tertiary/aromatic N) is 1. The van der Waals surface area contributed by atoms with Crippen molar-refractivity contribution >= 4 is 33.0 Å². The highest BCUT2D eigenvalue weighted by Crippen LogP contribution is 2.23. The number of halogens is 1. The molecule has 24 heavy (non-hydrogen) atoms. The molecule has 0 saturated carbocycles. The molecule has 2 aromatic carbocycles. The summed E-state index contributed by atoms with van der Waals surface area (Å²) >= 11 is 5.95. The summed E-state index contributed by atoms with van der Waals surface area (Å²) in [5, 5.41) is 0.177. The average Bonchev–Trinajstić information content (AvgIpc) is 2.54. The molecule has 128 valence electrons. The topological polar surface area (TPSA) is 54.5 Å². The van der Waals surface area contributed by atoms with Crippen molar-refractivity contribution in [3.8, 4) is 0 Å². The highest BCUT2D eigenvalue weighted by atomic mass is 35.5. The number of hydrogen-bond acceptors (Lipinski definition) is 3. The monoisotopic (exact) mass is 365 g/mol. The Morgan fingerprint density at radius 1 is 1.12 bits per heavy atom. The normalized spacial score (nSPS) is 11.3. The summed E-state index contributed by atoms with van der Waals surface area (Å²) in [6.45, 7) is 4.29. The lowest BCUT2D eigenvalue weighted by Crippen LogP contribution is -2.32. The van der Waals surface area contributed by atoms with E-state index in [0.717, 1.165) is 11.3 Å². The smallest absolute Gasteiger partial charge is 0.228 e. The lowest BCUT2D eigenvalue weighted by molar-refractivity contribution is -0.118. The summed E-state index contributed by atoms with van der Waals surface area (Å²) in [5.41, 5.74) is 1.82. The SMILES string of the molecule is CCN(C(=O)CCS(=O)(=O)c1ccccc1Cl)c1cccc(C)c1. The van der Waals surface area contributed by atoms with E-state index in [0.29, 0.717) is 6.54 Å². The Labute approximate surface area is 148 Å². The molecule has 0 saturated heterocycles. The minimum absolute atomic E-state index is 0.0677. The van der Waals surface area contributed by atoms with Gasteiger partial charge in [-0.05, 0) is 43.7 Å². The molecule has 6 heteroatoms. The minimum atomic E-state index is -3.60. The third-order valence-corrected chi connectivity index (χ3v) is 5.90. The van der Waals surface area contributed by atoms with Gasteiger partial charge in [-0.2, -0.15) is 0 Å². The molecule has 2 aromatic rings. The molecule has 0 aromatic heterocycles. The second kappa shape index (κ2) is 7.81. The number of carbonyl (C=O) groups is 1. The first-order chi connectivity index (χ1) is 11.3. The second-order valence-corrected chi connectivity index (χ2v) is 7.96. The molecule has 0 atom stereocenters. The first-order valence-electron chi connectivity index (χ1n) is 7.69. The molecule has 4 nitrogen and oxygen atoms in total. The van der Waals surface area contributed by atoms with Crippen molar-refractivity contribution < 1.29 is 13.2 Å². The molecule has 0 aliphatic rings. The molecule has 0 bridgehead atoms. The van der Waals surface area contributed by atoms with Crippen molar-refractivity contribution in [2.75, 3.05) is 17.2 Å². The molecule has 0 aliphatic heterocycles. The predicted octanol–water partition coefficient (Wildman–Crippen LogP) is 3.87. The molecule has 0 radical (unpaired) electrons. The van der Waals surface area contributed by atoms with Crippen LogP contribution in [-0.2, 0) is 14.6 Å². The number of carbonyl (C=O) groups excluding carboxylic acids is 1. The highest BCUT2D eigenvalue weighted by molar-refractivity contribution is 7.91. The maximum atomic E-state index is 12.5. The second-order valence-electron chi connectivity index (χ2n) is 5.48. The zero-order valence-electron chi connectivity index (χ0n) is 13.7. The number of hydrogen-bond donors (Lipinski definition) is 0. The quantitative estimate of drug-likeness (QED) is 0.780. The Kier molecular flexibility index (Phi) is 6.02. The van der Waals surface area contributed by atoms with Gasteiger partial charge in [0.1, 0.15) is 0 Å². The Balaban J connectivity index is 2.13. The lowest BCUT2D eigenvalue weighted by atomic mass is 10.2. The first-order valence-corrected chi connectivity index (χ1v) is 9.72. The summed E-state index contributed by atoms with van der Waals surface area (Å²) in [7, 11) is -3.60. The standard InChI is InChI=1S/C18H20ClNO3S/c1-3-20(15-8-6-7-14(2)13-15)18(21)11-12-24(22,23)17-10-5-4-9-16(17)19/h4-10,13H,3,11-12H2,1-2H3. The lowest BCUT2D eigenvalue weighted by Gasteiger charge is -2.21. The fourth-order valence-electron chi connectivity index (χ4n) is 2.46. The van der Waals surface area contributed by atoms with Gasteiger partial charge in [0.05, 0.1) is 15.7 Å². The van der Waals surface area contributed by atoms with E-state index in [-0.39, 0.29) is 28.0 Å². The van der Waals surface area contributed by atoms with E-state index in [1.807, 2.05) is 38.1 Å². The van der Waals surface area contributed by atoms with Crippen LogP contribution < -0.4 is 4.90 Å². The van der Waals surface area contributed by atoms with Crippen LogP contribution in [0.25, 0.3) is 0 Å². The van der Waals surface area contributed by atoms with Crippen LogP contribution in [0.4, 0.5) is 5.69 Å². The van der Waals surface area contributed by atoms with Crippen LogP contribution in [0, 0.1) is 6.92 Å². The van der Waals surface area contributed by atoms with Crippen molar-refractivity contribution in [2.24, 2.45) is 0 Å². The predicted molar refractivity (Wildman–Crippen MR) is 97.3 cm³/mol. The highest BCUT2D eigenvalue weighted by Gasteiger charge is 2.21. The molecule has 2 rings (SSSR count). The molecular formula is C18H20ClNO3S. The van der Waals surface area contributed by atoms with Gasteiger partial charge in [0.2, 0.25) is 5.91 Å². The Morgan fingerprint density at radius 3 is 2.46 bits per heavy atom. The maximum absolute atomic E-state index is 12.5. The molecule has 0 unspecified atom stereocenters. The summed E-state index contributed by atoms with van der Waals surface area (Å²) in [5.74, 6) is -0.489. The fraction of sp³-hybridized carbons (Fsp3) is 0.278. The van der Waals surface area contributed by atoms with E-state index in [2.05, 4.69) is 0 Å². The van der Waals surface area contributed by atoms with E-state index in [4.69, 9.17) is 11.6 Å². The van der Waals surface area contributed by atoms with Crippen LogP contribution >= 0.6 is 11.6 Å². The van der Waals surface area contributed by atoms with Gasteiger partial charge in [0.25, 0.3) is 0 Å². The van der Waals surface area contributed by atoms with Crippen LogP contribution in [-0.4, -0.2) is 26.6 Å². The molecule has 0 spiro atoms. The molecule has 0 fully saturated rings. The van der Waals surface area contributed by atoms with Gasteiger partial charge in [0.15, 0.2) is 9.84 Å². The number of benzene rings is 2. The maximum Gasteiger partial charge on any atom is 0.228 e. The van der Waals surface area contributed by atoms with Gasteiger partial charge in [-0.1, -0.05) is 35.9 Å². The third-order valence-electron chi connectivity index (χ3n) is 3.69. The molecule has 1 amide bonds. The molecular weight excluding hydrogens is 346 g/mol. The summed E-state index contributed by atoms with van der Waals surface area (Å²) in [6.07, 6.45) is -0.0880. The number of anilines is 1. The number of rotatable bonds is 6. The summed E-state index contributed by atoms with van der Waals surface area (Å²) < 4.78 is 24.8. The van der Waals surface area contributed by atoms with Crippen LogP contribution in [0.2, 0.25) is 5.02 Å². The van der Waals surface area contributed by atoms with Crippen molar-refractivity contribution in [1.82, 2.24) is 0 Å². The van der Waals surface area contributed by atoms with Crippen molar-refractivity contribution in [3.63, 3.8) is 0 Å². The Morgan fingerprint density at radius 2 is 1.83 bits per heavy atom. The third kappa shape index (κ3) is 4.36. The van der Waals surface area contributed by atoms with Gasteiger partial charge in [-0.3, -0.25) is 4.79 Å². The van der Waals surface area contributed by atoms with E-state index >= 15 is 0 Å². The molecule has 0 aliphatic carbocycles. The fourth-order valence-corrected chi connectivity index (χ4v) is 4.27. The number of aryl methyl sites for hydroxylation is 1. The summed E-state index contributed by atoms with van der Waals surface area (Å²) in [4.78, 5) is 14.1.